The molecule has 0 spiro atoms. The predicted molar refractivity (Wildman–Crippen MR) is 108 cm³/mol. The first-order valence-electron chi connectivity index (χ1n) is 9.30. The maximum absolute atomic E-state index is 11.8. The Bertz CT molecular complexity index is 522. The van der Waals surface area contributed by atoms with Crippen LogP contribution in [0.3, 0.4) is 0 Å². The number of ether oxygens (including phenoxy) is 1. The lowest BCUT2D eigenvalue weighted by Crippen LogP contribution is -2.40. The normalized spacial score (nSPS) is 12.0. The fourth-order valence-electron chi connectivity index (χ4n) is 2.13. The first-order chi connectivity index (χ1) is 13.0. The van der Waals surface area contributed by atoms with Gasteiger partial charge in [0.25, 0.3) is 0 Å². The monoisotopic (exact) mass is 419 g/mol. The summed E-state index contributed by atoms with van der Waals surface area (Å²) >= 11 is 1.47. The van der Waals surface area contributed by atoms with Gasteiger partial charge in [0.15, 0.2) is 0 Å². The molecule has 0 rings (SSSR count). The van der Waals surface area contributed by atoms with Crippen molar-refractivity contribution in [3.8, 4) is 0 Å². The number of carboxylic acids is 1. The molecule has 1 atom stereocenters. The van der Waals surface area contributed by atoms with Gasteiger partial charge in [-0.25, -0.2) is 4.79 Å². The fourth-order valence-corrected chi connectivity index (χ4v) is 2.91. The van der Waals surface area contributed by atoms with Crippen LogP contribution in [0.15, 0.2) is 0 Å². The van der Waals surface area contributed by atoms with Crippen LogP contribution in [0.2, 0.25) is 0 Å². The first-order valence-corrected chi connectivity index (χ1v) is 10.4. The van der Waals surface area contributed by atoms with Gasteiger partial charge in [0.1, 0.15) is 5.60 Å². The molecule has 0 radical (unpaired) electrons. The maximum atomic E-state index is 11.8. The smallest absolute Gasteiger partial charge is 0.407 e. The van der Waals surface area contributed by atoms with Crippen LogP contribution in [-0.4, -0.2) is 58.8 Å². The lowest BCUT2D eigenvalue weighted by atomic mass is 10.1. The number of thioether (sulfide) groups is 1. The Morgan fingerprint density at radius 2 is 1.79 bits per heavy atom. The van der Waals surface area contributed by atoms with Gasteiger partial charge < -0.3 is 25.8 Å². The molecular formula is C18H33N3O6S. The molecule has 9 nitrogen and oxygen atoms in total. The van der Waals surface area contributed by atoms with Crippen molar-refractivity contribution < 1.29 is 29.0 Å². The summed E-state index contributed by atoms with van der Waals surface area (Å²) in [6.07, 6.45) is 1.36. The quantitative estimate of drug-likeness (QED) is 0.264. The van der Waals surface area contributed by atoms with E-state index in [0.717, 1.165) is 0 Å². The summed E-state index contributed by atoms with van der Waals surface area (Å²) in [7, 11) is 0. The molecule has 0 aromatic heterocycles. The molecule has 28 heavy (non-hydrogen) atoms. The van der Waals surface area contributed by atoms with Crippen molar-refractivity contribution >= 4 is 35.6 Å². The Labute approximate surface area is 170 Å². The van der Waals surface area contributed by atoms with E-state index >= 15 is 0 Å². The minimum Gasteiger partial charge on any atom is -0.481 e. The summed E-state index contributed by atoms with van der Waals surface area (Å²) in [5.74, 6) is -0.0556. The molecule has 0 saturated heterocycles. The number of carbonyl (C=O) groups excluding carboxylic acids is 3. The van der Waals surface area contributed by atoms with Crippen molar-refractivity contribution in [3.05, 3.63) is 0 Å². The summed E-state index contributed by atoms with van der Waals surface area (Å²) in [5.41, 5.74) is -0.650. The lowest BCUT2D eigenvalue weighted by Gasteiger charge is -2.23. The topological polar surface area (TPSA) is 134 Å². The number of carboxylic acid groups (broad SMARTS) is 1. The molecule has 0 saturated carbocycles. The molecule has 0 aliphatic heterocycles. The molecule has 10 heteroatoms. The molecule has 0 bridgehead atoms. The first kappa shape index (κ1) is 26.0. The van der Waals surface area contributed by atoms with Crippen LogP contribution in [0.1, 0.15) is 59.8 Å². The molecular weight excluding hydrogens is 386 g/mol. The lowest BCUT2D eigenvalue weighted by molar-refractivity contribution is -0.137. The van der Waals surface area contributed by atoms with Crippen LogP contribution >= 0.6 is 11.8 Å². The highest BCUT2D eigenvalue weighted by Crippen LogP contribution is 2.10. The summed E-state index contributed by atoms with van der Waals surface area (Å²) in [6.45, 7) is 7.14. The molecule has 0 aliphatic carbocycles. The number of hydrogen-bond donors (Lipinski definition) is 4. The highest BCUT2D eigenvalue weighted by atomic mass is 32.2. The van der Waals surface area contributed by atoms with Crippen molar-refractivity contribution in [2.45, 2.75) is 71.4 Å². The number of aliphatic carboxylic acids is 1. The summed E-state index contributed by atoms with van der Waals surface area (Å²) in [4.78, 5) is 45.2. The number of hydrogen-bond acceptors (Lipinski definition) is 6. The predicted octanol–water partition coefficient (Wildman–Crippen LogP) is 1.86. The van der Waals surface area contributed by atoms with Gasteiger partial charge >= 0.3 is 12.1 Å². The van der Waals surface area contributed by atoms with Crippen LogP contribution in [0.5, 0.6) is 0 Å². The second kappa shape index (κ2) is 14.1. The Kier molecular flexibility index (Phi) is 13.1. The summed E-state index contributed by atoms with van der Waals surface area (Å²) in [6, 6.07) is -0.520. The second-order valence-corrected chi connectivity index (χ2v) is 8.43. The molecule has 0 aromatic rings. The highest BCUT2D eigenvalue weighted by molar-refractivity contribution is 7.99. The molecule has 0 unspecified atom stereocenters. The number of alkyl carbamates (subject to hydrolysis) is 1. The van der Waals surface area contributed by atoms with Crippen LogP contribution in [-0.2, 0) is 19.1 Å². The van der Waals surface area contributed by atoms with E-state index in [2.05, 4.69) is 16.0 Å². The van der Waals surface area contributed by atoms with E-state index < -0.39 is 23.7 Å². The van der Waals surface area contributed by atoms with Gasteiger partial charge in [0.2, 0.25) is 11.8 Å². The van der Waals surface area contributed by atoms with E-state index in [1.165, 1.54) is 18.7 Å². The van der Waals surface area contributed by atoms with E-state index in [-0.39, 0.29) is 18.2 Å². The highest BCUT2D eigenvalue weighted by Gasteiger charge is 2.21. The van der Waals surface area contributed by atoms with Crippen molar-refractivity contribution in [3.63, 3.8) is 0 Å². The van der Waals surface area contributed by atoms with Crippen LogP contribution < -0.4 is 16.0 Å². The molecule has 0 aromatic carbocycles. The SMILES string of the molecule is CC(=O)NCSCCC(=O)NCCCC[C@@H](CC(=O)O)NC(=O)OC(C)(C)C. The van der Waals surface area contributed by atoms with Gasteiger partial charge in [0.05, 0.1) is 12.3 Å². The van der Waals surface area contributed by atoms with E-state index in [1.54, 1.807) is 20.8 Å². The molecule has 0 heterocycles. The third-order valence-corrected chi connectivity index (χ3v) is 4.18. The van der Waals surface area contributed by atoms with Crippen molar-refractivity contribution in [1.29, 1.82) is 0 Å². The number of carbonyl (C=O) groups is 4. The zero-order valence-corrected chi connectivity index (χ0v) is 17.9. The van der Waals surface area contributed by atoms with Crippen molar-refractivity contribution in [1.82, 2.24) is 16.0 Å². The maximum Gasteiger partial charge on any atom is 0.407 e. The Morgan fingerprint density at radius 3 is 2.36 bits per heavy atom. The summed E-state index contributed by atoms with van der Waals surface area (Å²) < 4.78 is 5.15. The minimum atomic E-state index is -0.994. The molecule has 3 amide bonds. The van der Waals surface area contributed by atoms with Gasteiger partial charge in [-0.3, -0.25) is 14.4 Å². The largest absolute Gasteiger partial charge is 0.481 e. The average molecular weight is 420 g/mol. The third kappa shape index (κ3) is 17.4. The van der Waals surface area contributed by atoms with E-state index in [9.17, 15) is 19.2 Å². The molecule has 162 valence electrons. The Morgan fingerprint density at radius 1 is 1.11 bits per heavy atom. The zero-order chi connectivity index (χ0) is 21.6. The standard InChI is InChI=1S/C18H33N3O6S/c1-13(22)20-12-28-10-8-15(23)19-9-6-5-7-14(11-16(24)25)21-17(26)27-18(2,3)4/h14H,5-12H2,1-4H3,(H,19,23)(H,20,22)(H,21,26)(H,24,25)/t14-/m0/s1. The third-order valence-electron chi connectivity index (χ3n) is 3.34. The summed E-state index contributed by atoms with van der Waals surface area (Å²) in [5, 5.41) is 17.0. The Hall–Kier alpha value is -1.97. The van der Waals surface area contributed by atoms with Crippen LogP contribution in [0.25, 0.3) is 0 Å². The number of rotatable bonds is 13. The van der Waals surface area contributed by atoms with Gasteiger partial charge in [-0.2, -0.15) is 0 Å². The zero-order valence-electron chi connectivity index (χ0n) is 17.1. The number of unbranched alkanes of at least 4 members (excludes halogenated alkanes) is 1. The van der Waals surface area contributed by atoms with Gasteiger partial charge in [-0.05, 0) is 40.0 Å². The second-order valence-electron chi connectivity index (χ2n) is 7.32. The molecule has 4 N–H and O–H groups in total. The van der Waals surface area contributed by atoms with E-state index in [1.807, 2.05) is 0 Å². The molecule has 0 fully saturated rings. The average Bonchev–Trinajstić information content (AvgIpc) is 2.51. The van der Waals surface area contributed by atoms with Crippen molar-refractivity contribution in [2.24, 2.45) is 0 Å². The number of nitrogens with one attached hydrogen (secondary N) is 3. The van der Waals surface area contributed by atoms with E-state index in [4.69, 9.17) is 9.84 Å². The van der Waals surface area contributed by atoms with Crippen molar-refractivity contribution in [2.75, 3.05) is 18.2 Å². The van der Waals surface area contributed by atoms with E-state index in [0.29, 0.717) is 43.9 Å². The number of amides is 3. The molecule has 0 aliphatic rings. The fraction of sp³-hybridized carbons (Fsp3) is 0.778. The van der Waals surface area contributed by atoms with Crippen LogP contribution in [0, 0.1) is 0 Å². The Balaban J connectivity index is 3.97. The van der Waals surface area contributed by atoms with Gasteiger partial charge in [-0.15, -0.1) is 11.8 Å². The van der Waals surface area contributed by atoms with Gasteiger partial charge in [0, 0.05) is 31.7 Å². The minimum absolute atomic E-state index is 0.0655. The van der Waals surface area contributed by atoms with Gasteiger partial charge in [-0.1, -0.05) is 0 Å². The van der Waals surface area contributed by atoms with Crippen LogP contribution in [0.4, 0.5) is 4.79 Å².